The third-order valence-electron chi connectivity index (χ3n) is 7.72. The average Bonchev–Trinajstić information content (AvgIpc) is 3.59. The van der Waals surface area contributed by atoms with Crippen LogP contribution in [0, 0.1) is 11.8 Å². The SMILES string of the molecule is CNC(=O)[C@H]1[C@H]2C(=O)N(CCCCCCO)C(C(=O)NCn3nnc4ccccc43)C23CC(Br)[C@@H]1O3. The molecule has 0 saturated carbocycles. The molecule has 4 heterocycles. The van der Waals surface area contributed by atoms with Crippen molar-refractivity contribution in [2.45, 2.75) is 61.3 Å². The zero-order chi connectivity index (χ0) is 25.4. The van der Waals surface area contributed by atoms with E-state index >= 15 is 0 Å². The first-order chi connectivity index (χ1) is 17.4. The third-order valence-corrected chi connectivity index (χ3v) is 8.56. The van der Waals surface area contributed by atoms with E-state index in [1.165, 1.54) is 0 Å². The second-order valence-corrected chi connectivity index (χ2v) is 10.9. The summed E-state index contributed by atoms with van der Waals surface area (Å²) in [7, 11) is 1.55. The molecule has 1 spiro atoms. The second-order valence-electron chi connectivity index (χ2n) is 9.72. The topological polar surface area (TPSA) is 139 Å². The number of aliphatic hydroxyl groups excluding tert-OH is 1. The van der Waals surface area contributed by atoms with Crippen molar-refractivity contribution in [3.8, 4) is 0 Å². The molecule has 1 aromatic carbocycles. The number of aromatic nitrogens is 3. The van der Waals surface area contributed by atoms with Gasteiger partial charge in [-0.05, 0) is 31.4 Å². The molecule has 2 bridgehead atoms. The van der Waals surface area contributed by atoms with E-state index in [2.05, 4.69) is 36.9 Å². The molecular weight excluding hydrogens is 532 g/mol. The first kappa shape index (κ1) is 25.1. The highest BCUT2D eigenvalue weighted by Gasteiger charge is 2.76. The van der Waals surface area contributed by atoms with Gasteiger partial charge in [-0.1, -0.05) is 46.1 Å². The van der Waals surface area contributed by atoms with Crippen molar-refractivity contribution in [3.05, 3.63) is 24.3 Å². The van der Waals surface area contributed by atoms with Gasteiger partial charge in [0, 0.05) is 25.0 Å². The summed E-state index contributed by atoms with van der Waals surface area (Å²) < 4.78 is 8.02. The van der Waals surface area contributed by atoms with Crippen molar-refractivity contribution < 1.29 is 24.2 Å². The van der Waals surface area contributed by atoms with Crippen molar-refractivity contribution in [2.75, 3.05) is 20.2 Å². The number of halogens is 1. The molecule has 2 aromatic rings. The molecule has 6 atom stereocenters. The lowest BCUT2D eigenvalue weighted by atomic mass is 9.70. The fourth-order valence-electron chi connectivity index (χ4n) is 6.17. The van der Waals surface area contributed by atoms with Crippen LogP contribution in [0.2, 0.25) is 0 Å². The van der Waals surface area contributed by atoms with Crippen LogP contribution in [0.5, 0.6) is 0 Å². The van der Waals surface area contributed by atoms with Crippen LogP contribution in [-0.4, -0.2) is 85.5 Å². The molecule has 36 heavy (non-hydrogen) atoms. The minimum atomic E-state index is -1.08. The van der Waals surface area contributed by atoms with Crippen molar-refractivity contribution in [3.63, 3.8) is 0 Å². The number of hydrogen-bond acceptors (Lipinski definition) is 7. The number of nitrogens with one attached hydrogen (secondary N) is 2. The van der Waals surface area contributed by atoms with E-state index < -0.39 is 29.6 Å². The Morgan fingerprint density at radius 2 is 2.00 bits per heavy atom. The lowest BCUT2D eigenvalue weighted by molar-refractivity contribution is -0.142. The fourth-order valence-corrected chi connectivity index (χ4v) is 7.11. The number of likely N-dealkylation sites (tertiary alicyclic amines) is 1. The fraction of sp³-hybridized carbons (Fsp3) is 0.625. The Morgan fingerprint density at radius 1 is 1.22 bits per heavy atom. The number of unbranched alkanes of at least 4 members (excludes halogenated alkanes) is 3. The standard InChI is InChI=1S/C24H31BrN6O5/c1-26-21(33)17-18-23(35)30(10-6-2-3-7-11-32)20(24(18)12-14(25)19(17)36-24)22(34)27-13-31-16-9-5-4-8-15(16)28-29-31/h4-5,8-9,14,17-20,32H,2-3,6-7,10-13H2,1H3,(H,26,33)(H,27,34)/t14?,17-,18-,19-,20?,24?/m0/s1. The number of para-hydroxylation sites is 1. The second kappa shape index (κ2) is 10.1. The summed E-state index contributed by atoms with van der Waals surface area (Å²) in [5.41, 5.74) is 0.432. The van der Waals surface area contributed by atoms with E-state index in [9.17, 15) is 14.4 Å². The van der Waals surface area contributed by atoms with E-state index in [0.29, 0.717) is 25.8 Å². The molecule has 3 N–H and O–H groups in total. The minimum absolute atomic E-state index is 0.0924. The van der Waals surface area contributed by atoms with Gasteiger partial charge in [0.15, 0.2) is 0 Å². The Morgan fingerprint density at radius 3 is 2.78 bits per heavy atom. The molecule has 194 valence electrons. The van der Waals surface area contributed by atoms with Crippen LogP contribution in [0.1, 0.15) is 32.1 Å². The number of alkyl halides is 1. The molecule has 3 aliphatic heterocycles. The molecule has 11 nitrogen and oxygen atoms in total. The molecule has 0 radical (unpaired) electrons. The summed E-state index contributed by atoms with van der Waals surface area (Å²) in [5.74, 6) is -2.16. The van der Waals surface area contributed by atoms with Gasteiger partial charge >= 0.3 is 0 Å². The van der Waals surface area contributed by atoms with Crippen LogP contribution >= 0.6 is 15.9 Å². The lowest BCUT2D eigenvalue weighted by Crippen LogP contribution is -2.56. The van der Waals surface area contributed by atoms with E-state index in [4.69, 9.17) is 9.84 Å². The third kappa shape index (κ3) is 3.99. The molecule has 1 aromatic heterocycles. The molecule has 3 saturated heterocycles. The Kier molecular flexibility index (Phi) is 7.01. The molecule has 5 rings (SSSR count). The zero-order valence-corrected chi connectivity index (χ0v) is 21.7. The number of rotatable bonds is 10. The normalized spacial score (nSPS) is 30.7. The minimum Gasteiger partial charge on any atom is -0.396 e. The highest BCUT2D eigenvalue weighted by Crippen LogP contribution is 2.59. The summed E-state index contributed by atoms with van der Waals surface area (Å²) in [6.07, 6.45) is 3.05. The van der Waals surface area contributed by atoms with Crippen LogP contribution < -0.4 is 10.6 Å². The highest BCUT2D eigenvalue weighted by atomic mass is 79.9. The first-order valence-electron chi connectivity index (χ1n) is 12.4. The van der Waals surface area contributed by atoms with Gasteiger partial charge in [0.2, 0.25) is 17.7 Å². The van der Waals surface area contributed by atoms with Crippen LogP contribution in [0.15, 0.2) is 24.3 Å². The van der Waals surface area contributed by atoms with Gasteiger partial charge in [-0.15, -0.1) is 5.10 Å². The number of carbonyl (C=O) groups excluding carboxylic acids is 3. The molecule has 3 aliphatic rings. The monoisotopic (exact) mass is 562 g/mol. The first-order valence-corrected chi connectivity index (χ1v) is 13.3. The quantitative estimate of drug-likeness (QED) is 0.284. The van der Waals surface area contributed by atoms with Crippen LogP contribution in [0.25, 0.3) is 11.0 Å². The summed E-state index contributed by atoms with van der Waals surface area (Å²) in [6, 6.07) is 6.61. The number of amides is 3. The zero-order valence-electron chi connectivity index (χ0n) is 20.1. The van der Waals surface area contributed by atoms with Gasteiger partial charge in [-0.25, -0.2) is 4.68 Å². The van der Waals surface area contributed by atoms with E-state index in [1.54, 1.807) is 16.6 Å². The van der Waals surface area contributed by atoms with Gasteiger partial charge in [0.05, 0.1) is 23.5 Å². The Labute approximate surface area is 217 Å². The number of hydrogen-bond donors (Lipinski definition) is 3. The Hall–Kier alpha value is -2.57. The van der Waals surface area contributed by atoms with Crippen molar-refractivity contribution in [2.24, 2.45) is 11.8 Å². The Balaban J connectivity index is 1.41. The maximum absolute atomic E-state index is 13.8. The maximum atomic E-state index is 13.8. The van der Waals surface area contributed by atoms with Crippen LogP contribution in [-0.2, 0) is 25.8 Å². The van der Waals surface area contributed by atoms with Crippen LogP contribution in [0.3, 0.4) is 0 Å². The molecule has 12 heteroatoms. The number of aliphatic hydroxyl groups is 1. The molecule has 3 fully saturated rings. The van der Waals surface area contributed by atoms with Gasteiger partial charge < -0.3 is 25.4 Å². The number of fused-ring (bicyclic) bond motifs is 2. The average molecular weight is 563 g/mol. The van der Waals surface area contributed by atoms with Gasteiger partial charge in [0.25, 0.3) is 0 Å². The predicted octanol–water partition coefficient (Wildman–Crippen LogP) is 0.552. The van der Waals surface area contributed by atoms with Gasteiger partial charge in [0.1, 0.15) is 23.8 Å². The lowest BCUT2D eigenvalue weighted by Gasteiger charge is -2.34. The van der Waals surface area contributed by atoms with E-state index in [-0.39, 0.29) is 35.8 Å². The maximum Gasteiger partial charge on any atom is 0.247 e. The molecule has 3 unspecified atom stereocenters. The smallest absolute Gasteiger partial charge is 0.247 e. The van der Waals surface area contributed by atoms with Crippen LogP contribution in [0.4, 0.5) is 0 Å². The number of benzene rings is 1. The number of carbonyl (C=O) groups is 3. The van der Waals surface area contributed by atoms with E-state index in [0.717, 1.165) is 23.9 Å². The molecular formula is C24H31BrN6O5. The van der Waals surface area contributed by atoms with Crippen molar-refractivity contribution >= 4 is 44.7 Å². The predicted molar refractivity (Wildman–Crippen MR) is 133 cm³/mol. The van der Waals surface area contributed by atoms with Gasteiger partial charge in [-0.3, -0.25) is 14.4 Å². The largest absolute Gasteiger partial charge is 0.396 e. The summed E-state index contributed by atoms with van der Waals surface area (Å²) >= 11 is 3.65. The molecule has 0 aliphatic carbocycles. The van der Waals surface area contributed by atoms with Gasteiger partial charge in [-0.2, -0.15) is 0 Å². The summed E-state index contributed by atoms with van der Waals surface area (Å²) in [6.45, 7) is 0.606. The number of ether oxygens (including phenoxy) is 1. The van der Waals surface area contributed by atoms with Crippen molar-refractivity contribution in [1.29, 1.82) is 0 Å². The van der Waals surface area contributed by atoms with Crippen molar-refractivity contribution in [1.82, 2.24) is 30.5 Å². The summed E-state index contributed by atoms with van der Waals surface area (Å²) in [4.78, 5) is 41.8. The Bertz CT molecular complexity index is 1160. The summed E-state index contributed by atoms with van der Waals surface area (Å²) in [5, 5.41) is 22.9. The number of nitrogens with zero attached hydrogens (tertiary/aromatic N) is 4. The highest BCUT2D eigenvalue weighted by molar-refractivity contribution is 9.09. The van der Waals surface area contributed by atoms with E-state index in [1.807, 2.05) is 24.3 Å². The molecule has 3 amide bonds.